The zero-order chi connectivity index (χ0) is 12.3. The van der Waals surface area contributed by atoms with Crippen molar-refractivity contribution in [3.8, 4) is 0 Å². The molecule has 3 nitrogen and oxygen atoms in total. The van der Waals surface area contributed by atoms with Gasteiger partial charge in [-0.05, 0) is 11.6 Å². The lowest BCUT2D eigenvalue weighted by Crippen LogP contribution is -2.34. The summed E-state index contributed by atoms with van der Waals surface area (Å²) in [5, 5.41) is 0. The highest BCUT2D eigenvalue weighted by Gasteiger charge is 2.26. The second-order valence-corrected chi connectivity index (χ2v) is 3.34. The van der Waals surface area contributed by atoms with Crippen LogP contribution in [0.2, 0.25) is 0 Å². The Balaban J connectivity index is 3.04. The average Bonchev–Trinajstić information content (AvgIpc) is 2.15. The number of carbonyl (C=O) groups is 1. The first-order chi connectivity index (χ1) is 7.32. The molecule has 0 aliphatic rings. The van der Waals surface area contributed by atoms with E-state index in [1.54, 1.807) is 0 Å². The van der Waals surface area contributed by atoms with Gasteiger partial charge < -0.3 is 23.4 Å². The maximum Gasteiger partial charge on any atom is 0.509 e. The summed E-state index contributed by atoms with van der Waals surface area (Å²) in [5.41, 5.74) is 4.70. The molecule has 0 spiro atoms. The molecule has 1 aromatic carbocycles. The quantitative estimate of drug-likeness (QED) is 0.481. The van der Waals surface area contributed by atoms with E-state index in [0.29, 0.717) is 0 Å². The number of methoxy groups -OCH3 is 1. The molecular formula is C9H10BF3NO2-. The Bertz CT molecular complexity index is 406. The van der Waals surface area contributed by atoms with Crippen molar-refractivity contribution in [2.24, 2.45) is 0 Å². The molecule has 0 aromatic heterocycles. The highest BCUT2D eigenvalue weighted by Crippen LogP contribution is 2.14. The highest BCUT2D eigenvalue weighted by atomic mass is 19.4. The van der Waals surface area contributed by atoms with Crippen LogP contribution in [0, 0.1) is 0 Å². The predicted octanol–water partition coefficient (Wildman–Crippen LogP) is 1.04. The normalized spacial score (nSPS) is 11.2. The van der Waals surface area contributed by atoms with Gasteiger partial charge in [0.05, 0.1) is 13.5 Å². The molecule has 1 rings (SSSR count). The topological polar surface area (TPSA) is 52.3 Å². The third-order valence-electron chi connectivity index (χ3n) is 1.99. The number of esters is 1. The minimum absolute atomic E-state index is 0.0180. The summed E-state index contributed by atoms with van der Waals surface area (Å²) >= 11 is 0. The van der Waals surface area contributed by atoms with Gasteiger partial charge in [-0.3, -0.25) is 4.79 Å². The van der Waals surface area contributed by atoms with Crippen molar-refractivity contribution in [2.45, 2.75) is 6.42 Å². The Kier molecular flexibility index (Phi) is 3.46. The van der Waals surface area contributed by atoms with Gasteiger partial charge in [0.15, 0.2) is 0 Å². The molecule has 0 heterocycles. The number of nitrogen functional groups attached to an aromatic ring is 1. The van der Waals surface area contributed by atoms with E-state index < -0.39 is 18.4 Å². The molecule has 16 heavy (non-hydrogen) atoms. The van der Waals surface area contributed by atoms with Gasteiger partial charge in [-0.2, -0.15) is 0 Å². The zero-order valence-electron chi connectivity index (χ0n) is 8.54. The van der Waals surface area contributed by atoms with E-state index in [9.17, 15) is 17.7 Å². The number of rotatable bonds is 3. The maximum absolute atomic E-state index is 12.5. The van der Waals surface area contributed by atoms with Gasteiger partial charge in [0, 0.05) is 5.69 Å². The number of halogens is 3. The van der Waals surface area contributed by atoms with E-state index >= 15 is 0 Å². The van der Waals surface area contributed by atoms with E-state index in [2.05, 4.69) is 4.74 Å². The monoisotopic (exact) mass is 232 g/mol. The SMILES string of the molecule is COC(=O)Cc1cc(N)cc([B-](F)(F)F)c1. The van der Waals surface area contributed by atoms with Gasteiger partial charge >= 0.3 is 12.9 Å². The molecule has 88 valence electrons. The van der Waals surface area contributed by atoms with Gasteiger partial charge in [-0.25, -0.2) is 0 Å². The van der Waals surface area contributed by atoms with E-state index in [-0.39, 0.29) is 17.7 Å². The van der Waals surface area contributed by atoms with Crippen LogP contribution in [0.4, 0.5) is 18.6 Å². The van der Waals surface area contributed by atoms with Crippen molar-refractivity contribution in [1.29, 1.82) is 0 Å². The Morgan fingerprint density at radius 1 is 1.38 bits per heavy atom. The highest BCUT2D eigenvalue weighted by molar-refractivity contribution is 6.73. The molecular weight excluding hydrogens is 222 g/mol. The molecule has 0 amide bonds. The molecule has 0 saturated heterocycles. The van der Waals surface area contributed by atoms with Gasteiger partial charge in [0.1, 0.15) is 0 Å². The fourth-order valence-electron chi connectivity index (χ4n) is 1.28. The molecule has 0 atom stereocenters. The van der Waals surface area contributed by atoms with Crippen molar-refractivity contribution < 1.29 is 22.5 Å². The summed E-state index contributed by atoms with van der Waals surface area (Å²) in [6.45, 7) is -5.11. The molecule has 1 aromatic rings. The summed E-state index contributed by atoms with van der Waals surface area (Å²) in [6, 6.07) is 3.08. The largest absolute Gasteiger partial charge is 0.509 e. The van der Waals surface area contributed by atoms with Gasteiger partial charge in [0.2, 0.25) is 0 Å². The Morgan fingerprint density at radius 3 is 2.50 bits per heavy atom. The van der Waals surface area contributed by atoms with Crippen LogP contribution in [-0.2, 0) is 16.0 Å². The Labute approximate surface area is 90.4 Å². The van der Waals surface area contributed by atoms with Gasteiger partial charge in [0.25, 0.3) is 0 Å². The van der Waals surface area contributed by atoms with Crippen LogP contribution in [0.15, 0.2) is 18.2 Å². The molecule has 0 unspecified atom stereocenters. The van der Waals surface area contributed by atoms with Crippen molar-refractivity contribution in [1.82, 2.24) is 0 Å². The van der Waals surface area contributed by atoms with Crippen molar-refractivity contribution in [3.63, 3.8) is 0 Å². The summed E-state index contributed by atoms with van der Waals surface area (Å²) in [7, 11) is 1.17. The molecule has 0 aliphatic heterocycles. The number of hydrogen-bond donors (Lipinski definition) is 1. The number of ether oxygens (including phenoxy) is 1. The summed E-state index contributed by atoms with van der Waals surface area (Å²) in [6.07, 6.45) is -0.222. The molecule has 2 N–H and O–H groups in total. The minimum atomic E-state index is -5.11. The number of hydrogen-bond acceptors (Lipinski definition) is 3. The number of carbonyl (C=O) groups excluding carboxylic acids is 1. The van der Waals surface area contributed by atoms with E-state index in [4.69, 9.17) is 5.73 Å². The second-order valence-electron chi connectivity index (χ2n) is 3.34. The van der Waals surface area contributed by atoms with E-state index in [1.165, 1.54) is 13.2 Å². The summed E-state index contributed by atoms with van der Waals surface area (Å²) in [4.78, 5) is 10.9. The number of benzene rings is 1. The van der Waals surface area contributed by atoms with Crippen LogP contribution in [0.25, 0.3) is 0 Å². The van der Waals surface area contributed by atoms with Crippen LogP contribution < -0.4 is 11.2 Å². The fraction of sp³-hybridized carbons (Fsp3) is 0.222. The lowest BCUT2D eigenvalue weighted by atomic mass is 9.79. The van der Waals surface area contributed by atoms with E-state index in [0.717, 1.165) is 12.1 Å². The second kappa shape index (κ2) is 4.46. The van der Waals surface area contributed by atoms with Gasteiger partial charge in [-0.1, -0.05) is 12.1 Å². The number of anilines is 1. The van der Waals surface area contributed by atoms with Gasteiger partial charge in [-0.15, -0.1) is 5.46 Å². The standard InChI is InChI=1S/C9H10BF3NO2/c1-16-9(15)4-6-2-7(10(11,12)13)5-8(14)3-6/h2-3,5H,4,14H2,1H3/q-1. The maximum atomic E-state index is 12.5. The molecule has 0 fully saturated rings. The van der Waals surface area contributed by atoms with Crippen LogP contribution in [0.1, 0.15) is 5.56 Å². The first kappa shape index (κ1) is 12.4. The smallest absolute Gasteiger partial charge is 0.469 e. The van der Waals surface area contributed by atoms with Crippen molar-refractivity contribution in [2.75, 3.05) is 12.8 Å². The third-order valence-corrected chi connectivity index (χ3v) is 1.99. The van der Waals surface area contributed by atoms with Crippen LogP contribution in [0.3, 0.4) is 0 Å². The minimum Gasteiger partial charge on any atom is -0.469 e. The molecule has 7 heteroatoms. The summed E-state index contributed by atoms with van der Waals surface area (Å²) in [5.74, 6) is -0.605. The first-order valence-electron chi connectivity index (χ1n) is 4.49. The Hall–Kier alpha value is -1.66. The lowest BCUT2D eigenvalue weighted by molar-refractivity contribution is -0.139. The zero-order valence-corrected chi connectivity index (χ0v) is 8.54. The molecule has 0 saturated carbocycles. The Morgan fingerprint density at radius 2 is 2.00 bits per heavy atom. The van der Waals surface area contributed by atoms with Crippen LogP contribution in [-0.4, -0.2) is 20.1 Å². The number of nitrogens with two attached hydrogens (primary N) is 1. The van der Waals surface area contributed by atoms with Crippen molar-refractivity contribution in [3.05, 3.63) is 23.8 Å². The fourth-order valence-corrected chi connectivity index (χ4v) is 1.28. The average molecular weight is 232 g/mol. The third kappa shape index (κ3) is 3.18. The first-order valence-corrected chi connectivity index (χ1v) is 4.49. The molecule has 0 aliphatic carbocycles. The predicted molar refractivity (Wildman–Crippen MR) is 55.3 cm³/mol. The van der Waals surface area contributed by atoms with E-state index in [1.807, 2.05) is 0 Å². The van der Waals surface area contributed by atoms with Crippen LogP contribution in [0.5, 0.6) is 0 Å². The van der Waals surface area contributed by atoms with Crippen LogP contribution >= 0.6 is 0 Å². The summed E-state index contributed by atoms with van der Waals surface area (Å²) < 4.78 is 41.7. The van der Waals surface area contributed by atoms with Crippen molar-refractivity contribution >= 4 is 24.1 Å². The molecule has 0 radical (unpaired) electrons. The molecule has 0 bridgehead atoms. The lowest BCUT2D eigenvalue weighted by Gasteiger charge is -2.16.